The van der Waals surface area contributed by atoms with E-state index in [1.165, 1.54) is 4.90 Å². The maximum Gasteiger partial charge on any atom is 0.407 e. The predicted molar refractivity (Wildman–Crippen MR) is 100 cm³/mol. The Balaban J connectivity index is 2.20. The topological polar surface area (TPSA) is 78.8 Å². The first-order valence-corrected chi connectivity index (χ1v) is 9.40. The Hall–Kier alpha value is -1.60. The van der Waals surface area contributed by atoms with Crippen molar-refractivity contribution in [3.63, 3.8) is 0 Å². The maximum absolute atomic E-state index is 11.8. The molecule has 0 aromatic carbocycles. The third kappa shape index (κ3) is 3.34. The molecule has 26 heavy (non-hydrogen) atoms. The molecule has 7 nitrogen and oxygen atoms in total. The summed E-state index contributed by atoms with van der Waals surface area (Å²) in [6.07, 6.45) is -0.937. The van der Waals surface area contributed by atoms with Crippen LogP contribution in [-0.2, 0) is 4.74 Å². The molecule has 0 aliphatic carbocycles. The molecule has 0 radical (unpaired) electrons. The van der Waals surface area contributed by atoms with Crippen molar-refractivity contribution >= 4 is 23.5 Å². The Morgan fingerprint density at radius 1 is 1.31 bits per heavy atom. The molecule has 0 spiro atoms. The van der Waals surface area contributed by atoms with Gasteiger partial charge < -0.3 is 14.7 Å². The summed E-state index contributed by atoms with van der Waals surface area (Å²) in [5.41, 5.74) is 1.59. The van der Waals surface area contributed by atoms with Crippen LogP contribution in [0.1, 0.15) is 57.8 Å². The lowest BCUT2D eigenvalue weighted by Gasteiger charge is -2.45. The number of halogens is 1. The second-order valence-electron chi connectivity index (χ2n) is 8.26. The Kier molecular flexibility index (Phi) is 5.05. The Bertz CT molecular complexity index is 706. The van der Waals surface area contributed by atoms with Crippen LogP contribution in [0.25, 0.3) is 0 Å². The molecule has 8 heteroatoms. The molecule has 144 valence electrons. The summed E-state index contributed by atoms with van der Waals surface area (Å²) in [6, 6.07) is -0.191. The molecular weight excluding hydrogens is 356 g/mol. The van der Waals surface area contributed by atoms with Crippen LogP contribution in [0.2, 0.25) is 5.28 Å². The molecule has 2 unspecified atom stereocenters. The summed E-state index contributed by atoms with van der Waals surface area (Å²) >= 11 is 6.26. The van der Waals surface area contributed by atoms with E-state index in [0.29, 0.717) is 25.5 Å². The van der Waals surface area contributed by atoms with Gasteiger partial charge in [0.2, 0.25) is 5.28 Å². The first kappa shape index (κ1) is 19.2. The zero-order valence-corrected chi connectivity index (χ0v) is 16.7. The zero-order chi connectivity index (χ0) is 19.2. The monoisotopic (exact) mass is 382 g/mol. The highest BCUT2D eigenvalue weighted by atomic mass is 35.5. The summed E-state index contributed by atoms with van der Waals surface area (Å²) in [5.74, 6) is 0.805. The van der Waals surface area contributed by atoms with Crippen LogP contribution in [0.4, 0.5) is 10.6 Å². The summed E-state index contributed by atoms with van der Waals surface area (Å²) < 4.78 is 5.57. The van der Waals surface area contributed by atoms with Gasteiger partial charge in [0, 0.05) is 24.6 Å². The first-order chi connectivity index (χ1) is 12.1. The van der Waals surface area contributed by atoms with Gasteiger partial charge in [-0.2, -0.15) is 0 Å². The fourth-order valence-corrected chi connectivity index (χ4v) is 4.08. The molecule has 2 aliphatic heterocycles. The maximum atomic E-state index is 11.8. The van der Waals surface area contributed by atoms with Crippen LogP contribution >= 0.6 is 11.6 Å². The minimum atomic E-state index is -0.937. The smallest absolute Gasteiger partial charge is 0.407 e. The van der Waals surface area contributed by atoms with Crippen molar-refractivity contribution in [3.8, 4) is 0 Å². The number of hydrogen-bond donors (Lipinski definition) is 1. The number of rotatable bonds is 1. The highest BCUT2D eigenvalue weighted by molar-refractivity contribution is 6.28. The van der Waals surface area contributed by atoms with Gasteiger partial charge in [-0.3, -0.25) is 4.90 Å². The molecule has 1 saturated heterocycles. The molecule has 1 N–H and O–H groups in total. The molecule has 3 heterocycles. The van der Waals surface area contributed by atoms with E-state index in [1.54, 1.807) is 0 Å². The highest BCUT2D eigenvalue weighted by Gasteiger charge is 2.43. The second kappa shape index (κ2) is 6.85. The molecule has 1 aromatic rings. The van der Waals surface area contributed by atoms with E-state index in [1.807, 2.05) is 6.92 Å². The van der Waals surface area contributed by atoms with Crippen molar-refractivity contribution in [2.45, 2.75) is 52.6 Å². The largest absolute Gasteiger partial charge is 0.465 e. The lowest BCUT2D eigenvalue weighted by atomic mass is 9.73. The number of carbonyl (C=O) groups is 1. The third-order valence-electron chi connectivity index (χ3n) is 5.45. The van der Waals surface area contributed by atoms with E-state index < -0.39 is 6.09 Å². The Morgan fingerprint density at radius 3 is 2.58 bits per heavy atom. The minimum absolute atomic E-state index is 0.0212. The number of carboxylic acid groups (broad SMARTS) is 1. The average molecular weight is 383 g/mol. The van der Waals surface area contributed by atoms with Crippen molar-refractivity contribution in [3.05, 3.63) is 16.5 Å². The summed E-state index contributed by atoms with van der Waals surface area (Å²) in [6.45, 7) is 12.8. The molecule has 1 fully saturated rings. The minimum Gasteiger partial charge on any atom is -0.465 e. The number of anilines is 1. The van der Waals surface area contributed by atoms with Crippen LogP contribution in [0.15, 0.2) is 0 Å². The van der Waals surface area contributed by atoms with Gasteiger partial charge in [-0.15, -0.1) is 0 Å². The molecule has 3 rings (SSSR count). The fraction of sp³-hybridized carbons (Fsp3) is 0.722. The van der Waals surface area contributed by atoms with Crippen LogP contribution in [0, 0.1) is 5.41 Å². The number of hydrogen-bond acceptors (Lipinski definition) is 5. The van der Waals surface area contributed by atoms with Crippen molar-refractivity contribution in [2.75, 3.05) is 31.2 Å². The zero-order valence-electron chi connectivity index (χ0n) is 16.0. The molecular formula is C18H27ClN4O3. The van der Waals surface area contributed by atoms with Crippen molar-refractivity contribution in [2.24, 2.45) is 5.41 Å². The SMILES string of the molecule is CC1c2nc(Cl)nc(N3CCOC[C@@H]3C)c2C(C(C)(C)C)CN1C(=O)O. The van der Waals surface area contributed by atoms with Gasteiger partial charge >= 0.3 is 6.09 Å². The number of morpholine rings is 1. The van der Waals surface area contributed by atoms with Gasteiger partial charge in [-0.25, -0.2) is 14.8 Å². The first-order valence-electron chi connectivity index (χ1n) is 9.02. The molecule has 1 amide bonds. The van der Waals surface area contributed by atoms with E-state index in [0.717, 1.165) is 17.9 Å². The lowest BCUT2D eigenvalue weighted by molar-refractivity contribution is 0.0955. The second-order valence-corrected chi connectivity index (χ2v) is 8.60. The number of aromatic nitrogens is 2. The molecule has 0 saturated carbocycles. The van der Waals surface area contributed by atoms with Gasteiger partial charge in [0.15, 0.2) is 0 Å². The average Bonchev–Trinajstić information content (AvgIpc) is 2.54. The molecule has 0 bridgehead atoms. The van der Waals surface area contributed by atoms with E-state index in [4.69, 9.17) is 16.3 Å². The van der Waals surface area contributed by atoms with Crippen molar-refractivity contribution < 1.29 is 14.6 Å². The van der Waals surface area contributed by atoms with E-state index in [-0.39, 0.29) is 28.7 Å². The van der Waals surface area contributed by atoms with Gasteiger partial charge in [-0.1, -0.05) is 20.8 Å². The van der Waals surface area contributed by atoms with Crippen LogP contribution in [-0.4, -0.2) is 58.4 Å². The fourth-order valence-electron chi connectivity index (χ4n) is 3.90. The summed E-state index contributed by atoms with van der Waals surface area (Å²) in [4.78, 5) is 24.5. The summed E-state index contributed by atoms with van der Waals surface area (Å²) in [7, 11) is 0. The standard InChI is InChI=1S/C18H27ClN4O3/c1-10-9-26-7-6-22(10)15-13-12(18(3,4)5)8-23(17(24)25)11(2)14(13)20-16(19)21-15/h10-12H,6-9H2,1-5H3,(H,24,25)/t10-,11?,12?/m0/s1. The van der Waals surface area contributed by atoms with E-state index >= 15 is 0 Å². The number of amides is 1. The van der Waals surface area contributed by atoms with Gasteiger partial charge in [0.1, 0.15) is 5.82 Å². The van der Waals surface area contributed by atoms with Crippen molar-refractivity contribution in [1.82, 2.24) is 14.9 Å². The third-order valence-corrected chi connectivity index (χ3v) is 5.62. The van der Waals surface area contributed by atoms with Gasteiger partial charge in [-0.05, 0) is 30.9 Å². The molecule has 2 aliphatic rings. The number of fused-ring (bicyclic) bond motifs is 1. The predicted octanol–water partition coefficient (Wildman–Crippen LogP) is 3.54. The normalized spacial score (nSPS) is 26.6. The van der Waals surface area contributed by atoms with Gasteiger partial charge in [0.25, 0.3) is 0 Å². The van der Waals surface area contributed by atoms with E-state index in [9.17, 15) is 9.90 Å². The van der Waals surface area contributed by atoms with Crippen LogP contribution < -0.4 is 4.90 Å². The molecule has 1 aromatic heterocycles. The van der Waals surface area contributed by atoms with E-state index in [2.05, 4.69) is 42.6 Å². The Morgan fingerprint density at radius 2 is 2.00 bits per heavy atom. The Labute approximate surface area is 159 Å². The molecule has 3 atom stereocenters. The summed E-state index contributed by atoms with van der Waals surface area (Å²) in [5, 5.41) is 9.83. The lowest BCUT2D eigenvalue weighted by Crippen LogP contribution is -2.48. The van der Waals surface area contributed by atoms with Crippen molar-refractivity contribution in [1.29, 1.82) is 0 Å². The van der Waals surface area contributed by atoms with Crippen LogP contribution in [0.3, 0.4) is 0 Å². The number of nitrogens with zero attached hydrogens (tertiary/aromatic N) is 4. The number of ether oxygens (including phenoxy) is 1. The quantitative estimate of drug-likeness (QED) is 0.748. The van der Waals surface area contributed by atoms with Crippen LogP contribution in [0.5, 0.6) is 0 Å². The highest BCUT2D eigenvalue weighted by Crippen LogP contribution is 2.47. The van der Waals surface area contributed by atoms with Gasteiger partial charge in [0.05, 0.1) is 31.0 Å².